The Balaban J connectivity index is 0.00000364. The number of hydrogen-bond acceptors (Lipinski definition) is 3. The van der Waals surface area contributed by atoms with Crippen LogP contribution in [0.4, 0.5) is 4.39 Å². The first kappa shape index (κ1) is 24.1. The van der Waals surface area contributed by atoms with Gasteiger partial charge in [0.25, 0.3) is 0 Å². The summed E-state index contributed by atoms with van der Waals surface area (Å²) in [5.41, 5.74) is 0.827. The van der Waals surface area contributed by atoms with Crippen molar-refractivity contribution in [1.82, 2.24) is 14.9 Å². The zero-order valence-corrected chi connectivity index (χ0v) is 19.1. The molecule has 0 bridgehead atoms. The van der Waals surface area contributed by atoms with Crippen LogP contribution >= 0.6 is 24.0 Å². The zero-order chi connectivity index (χ0) is 19.0. The molecule has 1 aromatic carbocycles. The number of nitrogens with zero attached hydrogens (tertiary/aromatic N) is 2. The lowest BCUT2D eigenvalue weighted by molar-refractivity contribution is 0.316. The number of rotatable bonds is 9. The molecule has 0 unspecified atom stereocenters. The van der Waals surface area contributed by atoms with Crippen LogP contribution in [0.5, 0.6) is 0 Å². The SMILES string of the molecule is CCNC(=NCCS(=O)(=O)NCC1CCC1)N(C)Cc1cccc(F)c1.I. The van der Waals surface area contributed by atoms with Crippen molar-refractivity contribution in [3.05, 3.63) is 35.6 Å². The Morgan fingerprint density at radius 1 is 1.37 bits per heavy atom. The van der Waals surface area contributed by atoms with Crippen molar-refractivity contribution in [3.8, 4) is 0 Å². The van der Waals surface area contributed by atoms with Gasteiger partial charge in [-0.25, -0.2) is 17.5 Å². The second-order valence-corrected chi connectivity index (χ2v) is 8.61. The van der Waals surface area contributed by atoms with E-state index in [0.717, 1.165) is 18.4 Å². The Bertz CT molecular complexity index is 711. The molecule has 154 valence electrons. The summed E-state index contributed by atoms with van der Waals surface area (Å²) in [5, 5.41) is 3.14. The van der Waals surface area contributed by atoms with Crippen LogP contribution < -0.4 is 10.0 Å². The van der Waals surface area contributed by atoms with E-state index >= 15 is 0 Å². The van der Waals surface area contributed by atoms with Gasteiger partial charge in [-0.05, 0) is 43.4 Å². The molecule has 1 aromatic rings. The summed E-state index contributed by atoms with van der Waals surface area (Å²) in [6.45, 7) is 3.80. The first-order chi connectivity index (χ1) is 12.4. The minimum atomic E-state index is -3.31. The standard InChI is InChI=1S/C18H29FN4O2S.HI/c1-3-20-18(23(2)14-16-8-5-9-17(19)12-16)21-10-11-26(24,25)22-13-15-6-4-7-15;/h5,8-9,12,15,22H,3-4,6-7,10-11,13-14H2,1-2H3,(H,20,21);1H. The van der Waals surface area contributed by atoms with E-state index in [1.165, 1.54) is 18.6 Å². The predicted molar refractivity (Wildman–Crippen MR) is 118 cm³/mol. The topological polar surface area (TPSA) is 73.8 Å². The highest BCUT2D eigenvalue weighted by Crippen LogP contribution is 2.25. The van der Waals surface area contributed by atoms with E-state index in [1.54, 1.807) is 6.07 Å². The molecule has 2 rings (SSSR count). The van der Waals surface area contributed by atoms with Crippen LogP contribution in [0.15, 0.2) is 29.3 Å². The van der Waals surface area contributed by atoms with Gasteiger partial charge in [0, 0.05) is 26.7 Å². The predicted octanol–water partition coefficient (Wildman–Crippen LogP) is 2.56. The largest absolute Gasteiger partial charge is 0.357 e. The van der Waals surface area contributed by atoms with Crippen molar-refractivity contribution in [2.75, 3.05) is 32.4 Å². The van der Waals surface area contributed by atoms with Crippen LogP contribution in [-0.2, 0) is 16.6 Å². The Labute approximate surface area is 179 Å². The summed E-state index contributed by atoms with van der Waals surface area (Å²) in [6.07, 6.45) is 3.41. The summed E-state index contributed by atoms with van der Waals surface area (Å²) in [5.74, 6) is 0.776. The van der Waals surface area contributed by atoms with E-state index < -0.39 is 10.0 Å². The Kier molecular flexibility index (Phi) is 10.5. The number of halogens is 2. The van der Waals surface area contributed by atoms with Gasteiger partial charge in [-0.15, -0.1) is 24.0 Å². The highest BCUT2D eigenvalue weighted by molar-refractivity contribution is 14.0. The number of benzene rings is 1. The van der Waals surface area contributed by atoms with Crippen LogP contribution in [0.3, 0.4) is 0 Å². The molecule has 0 amide bonds. The highest BCUT2D eigenvalue weighted by Gasteiger charge is 2.20. The molecule has 1 saturated carbocycles. The first-order valence-electron chi connectivity index (χ1n) is 9.11. The van der Waals surface area contributed by atoms with Crippen LogP contribution in [0.25, 0.3) is 0 Å². The lowest BCUT2D eigenvalue weighted by atomic mass is 9.86. The number of sulfonamides is 1. The maximum Gasteiger partial charge on any atom is 0.213 e. The average Bonchev–Trinajstić information content (AvgIpc) is 2.52. The third-order valence-electron chi connectivity index (χ3n) is 4.44. The van der Waals surface area contributed by atoms with Crippen LogP contribution in [-0.4, -0.2) is 51.7 Å². The molecule has 0 aliphatic heterocycles. The fraction of sp³-hybridized carbons (Fsp3) is 0.611. The van der Waals surface area contributed by atoms with Gasteiger partial charge in [-0.3, -0.25) is 4.99 Å². The summed E-state index contributed by atoms with van der Waals surface area (Å²) in [4.78, 5) is 6.25. The smallest absolute Gasteiger partial charge is 0.213 e. The van der Waals surface area contributed by atoms with E-state index in [1.807, 2.05) is 24.9 Å². The second kappa shape index (κ2) is 11.8. The molecule has 1 aliphatic carbocycles. The molecule has 0 saturated heterocycles. The van der Waals surface area contributed by atoms with Gasteiger partial charge in [-0.2, -0.15) is 0 Å². The lowest BCUT2D eigenvalue weighted by Crippen LogP contribution is -2.39. The van der Waals surface area contributed by atoms with Crippen LogP contribution in [0.1, 0.15) is 31.7 Å². The molecule has 2 N–H and O–H groups in total. The van der Waals surface area contributed by atoms with E-state index in [0.29, 0.717) is 31.5 Å². The van der Waals surface area contributed by atoms with Gasteiger partial charge in [-0.1, -0.05) is 18.6 Å². The summed E-state index contributed by atoms with van der Waals surface area (Å²) in [6, 6.07) is 6.40. The van der Waals surface area contributed by atoms with Crippen LogP contribution in [0.2, 0.25) is 0 Å². The number of nitrogens with one attached hydrogen (secondary N) is 2. The minimum Gasteiger partial charge on any atom is -0.357 e. The Morgan fingerprint density at radius 3 is 2.70 bits per heavy atom. The molecule has 0 spiro atoms. The van der Waals surface area contributed by atoms with Gasteiger partial charge >= 0.3 is 0 Å². The van der Waals surface area contributed by atoms with Crippen molar-refractivity contribution in [1.29, 1.82) is 0 Å². The molecule has 1 aliphatic rings. The summed E-state index contributed by atoms with van der Waals surface area (Å²) < 4.78 is 40.1. The van der Waals surface area contributed by atoms with Crippen molar-refractivity contribution in [2.24, 2.45) is 10.9 Å². The molecular formula is C18H30FIN4O2S. The van der Waals surface area contributed by atoms with E-state index in [9.17, 15) is 12.8 Å². The maximum absolute atomic E-state index is 13.3. The van der Waals surface area contributed by atoms with Gasteiger partial charge in [0.15, 0.2) is 5.96 Å². The van der Waals surface area contributed by atoms with Gasteiger partial charge in [0.2, 0.25) is 10.0 Å². The number of guanidine groups is 1. The highest BCUT2D eigenvalue weighted by atomic mass is 127. The Hall–Kier alpha value is -0.940. The van der Waals surface area contributed by atoms with E-state index in [2.05, 4.69) is 15.0 Å². The molecule has 0 atom stereocenters. The second-order valence-electron chi connectivity index (χ2n) is 6.69. The molecule has 1 fully saturated rings. The van der Waals surface area contributed by atoms with Gasteiger partial charge < -0.3 is 10.2 Å². The Morgan fingerprint density at radius 2 is 2.11 bits per heavy atom. The average molecular weight is 512 g/mol. The van der Waals surface area contributed by atoms with Gasteiger partial charge in [0.1, 0.15) is 5.82 Å². The van der Waals surface area contributed by atoms with Crippen molar-refractivity contribution in [3.63, 3.8) is 0 Å². The quantitative estimate of drug-likeness (QED) is 0.303. The minimum absolute atomic E-state index is 0. The third-order valence-corrected chi connectivity index (χ3v) is 5.77. The monoisotopic (exact) mass is 512 g/mol. The van der Waals surface area contributed by atoms with E-state index in [-0.39, 0.29) is 42.1 Å². The normalized spacial score (nSPS) is 15.0. The molecule has 27 heavy (non-hydrogen) atoms. The van der Waals surface area contributed by atoms with Crippen molar-refractivity contribution >= 4 is 40.0 Å². The van der Waals surface area contributed by atoms with Crippen LogP contribution in [0, 0.1) is 11.7 Å². The maximum atomic E-state index is 13.3. The van der Waals surface area contributed by atoms with E-state index in [4.69, 9.17) is 0 Å². The fourth-order valence-corrected chi connectivity index (χ4v) is 3.71. The fourth-order valence-electron chi connectivity index (χ4n) is 2.74. The third kappa shape index (κ3) is 8.73. The first-order valence-corrected chi connectivity index (χ1v) is 10.8. The van der Waals surface area contributed by atoms with Gasteiger partial charge in [0.05, 0.1) is 12.3 Å². The molecule has 0 radical (unpaired) electrons. The molecule has 9 heteroatoms. The summed E-state index contributed by atoms with van der Waals surface area (Å²) >= 11 is 0. The molecule has 6 nitrogen and oxygen atoms in total. The molecular weight excluding hydrogens is 482 g/mol. The van der Waals surface area contributed by atoms with Crippen molar-refractivity contribution in [2.45, 2.75) is 32.7 Å². The molecule has 0 heterocycles. The number of hydrogen-bond donors (Lipinski definition) is 2. The zero-order valence-electron chi connectivity index (χ0n) is 15.9. The van der Waals surface area contributed by atoms with Crippen molar-refractivity contribution < 1.29 is 12.8 Å². The lowest BCUT2D eigenvalue weighted by Gasteiger charge is -2.25. The molecule has 0 aromatic heterocycles. The number of aliphatic imine (C=N–C) groups is 1. The summed E-state index contributed by atoms with van der Waals surface area (Å²) in [7, 11) is -1.46.